The number of hydrogen-bond acceptors (Lipinski definition) is 0. The molecule has 0 aliphatic heterocycles. The monoisotopic (exact) mass is 257 g/mol. The summed E-state index contributed by atoms with van der Waals surface area (Å²) >= 11 is 0. The SMILES string of the molecule is [Si]c1ccccc1-c1ccccc1-c1ccccc1. The Hall–Kier alpha value is -2.12. The lowest BCUT2D eigenvalue weighted by Crippen LogP contribution is -2.05. The van der Waals surface area contributed by atoms with Crippen LogP contribution in [-0.4, -0.2) is 10.2 Å². The van der Waals surface area contributed by atoms with Crippen LogP contribution in [0.5, 0.6) is 0 Å². The van der Waals surface area contributed by atoms with Crippen LogP contribution in [0.4, 0.5) is 0 Å². The fourth-order valence-corrected chi connectivity index (χ4v) is 2.62. The van der Waals surface area contributed by atoms with Crippen molar-refractivity contribution >= 4 is 15.4 Å². The molecule has 0 aromatic heterocycles. The summed E-state index contributed by atoms with van der Waals surface area (Å²) in [4.78, 5) is 0. The predicted octanol–water partition coefficient (Wildman–Crippen LogP) is 3.81. The van der Waals surface area contributed by atoms with Gasteiger partial charge in [0.05, 0.1) is 10.2 Å². The van der Waals surface area contributed by atoms with Gasteiger partial charge in [-0.05, 0) is 22.3 Å². The van der Waals surface area contributed by atoms with Crippen molar-refractivity contribution < 1.29 is 0 Å². The maximum atomic E-state index is 3.69. The van der Waals surface area contributed by atoms with Crippen LogP contribution in [0.1, 0.15) is 0 Å². The first-order chi connectivity index (χ1) is 9.36. The van der Waals surface area contributed by atoms with Crippen LogP contribution in [0.25, 0.3) is 22.3 Å². The van der Waals surface area contributed by atoms with Gasteiger partial charge in [-0.1, -0.05) is 84.0 Å². The smallest absolute Gasteiger partial charge is 0.0632 e. The molecule has 3 aromatic carbocycles. The molecule has 0 fully saturated rings. The maximum absolute atomic E-state index is 3.69. The molecular formula is C18H13Si. The second kappa shape index (κ2) is 5.25. The van der Waals surface area contributed by atoms with Crippen molar-refractivity contribution in [2.75, 3.05) is 0 Å². The molecule has 0 saturated heterocycles. The highest BCUT2D eigenvalue weighted by atomic mass is 28.1. The number of hydrogen-bond donors (Lipinski definition) is 0. The molecule has 3 radical (unpaired) electrons. The predicted molar refractivity (Wildman–Crippen MR) is 82.7 cm³/mol. The lowest BCUT2D eigenvalue weighted by atomic mass is 9.95. The zero-order chi connectivity index (χ0) is 13.1. The standard InChI is InChI=1S/C18H13Si/c19-18-13-7-6-12-17(18)16-11-5-4-10-15(16)14-8-2-1-3-9-14/h1-13H. The van der Waals surface area contributed by atoms with Crippen molar-refractivity contribution in [3.63, 3.8) is 0 Å². The van der Waals surface area contributed by atoms with E-state index in [4.69, 9.17) is 0 Å². The largest absolute Gasteiger partial charge is 0.0720 e. The first-order valence-electron chi connectivity index (χ1n) is 6.32. The number of rotatable bonds is 2. The Labute approximate surface area is 117 Å². The molecule has 0 unspecified atom stereocenters. The molecule has 3 rings (SSSR count). The molecule has 0 heterocycles. The van der Waals surface area contributed by atoms with Gasteiger partial charge in [-0.3, -0.25) is 0 Å². The molecule has 19 heavy (non-hydrogen) atoms. The van der Waals surface area contributed by atoms with Gasteiger partial charge in [0, 0.05) is 0 Å². The highest BCUT2D eigenvalue weighted by molar-refractivity contribution is 6.36. The summed E-state index contributed by atoms with van der Waals surface area (Å²) < 4.78 is 0. The van der Waals surface area contributed by atoms with Crippen LogP contribution in [-0.2, 0) is 0 Å². The minimum Gasteiger partial charge on any atom is -0.0632 e. The summed E-state index contributed by atoms with van der Waals surface area (Å²) in [7, 11) is 3.69. The van der Waals surface area contributed by atoms with Gasteiger partial charge >= 0.3 is 0 Å². The lowest BCUT2D eigenvalue weighted by Gasteiger charge is -2.12. The third-order valence-electron chi connectivity index (χ3n) is 3.23. The molecule has 0 amide bonds. The molecule has 3 aromatic rings. The third-order valence-corrected chi connectivity index (χ3v) is 3.67. The maximum Gasteiger partial charge on any atom is 0.0720 e. The minimum absolute atomic E-state index is 1.12. The van der Waals surface area contributed by atoms with E-state index in [0.29, 0.717) is 0 Å². The fourth-order valence-electron chi connectivity index (χ4n) is 2.31. The first kappa shape index (κ1) is 11.9. The molecule has 0 aliphatic rings. The quantitative estimate of drug-likeness (QED) is 0.612. The molecule has 0 saturated carbocycles. The van der Waals surface area contributed by atoms with Crippen LogP contribution >= 0.6 is 0 Å². The Morgan fingerprint density at radius 3 is 1.68 bits per heavy atom. The second-order valence-corrected chi connectivity index (χ2v) is 5.00. The van der Waals surface area contributed by atoms with Gasteiger partial charge in [0.15, 0.2) is 0 Å². The average Bonchev–Trinajstić information content (AvgIpc) is 2.49. The van der Waals surface area contributed by atoms with E-state index < -0.39 is 0 Å². The Balaban J connectivity index is 2.21. The van der Waals surface area contributed by atoms with Gasteiger partial charge in [-0.25, -0.2) is 0 Å². The molecule has 1 heteroatoms. The summed E-state index contributed by atoms with van der Waals surface area (Å²) in [5, 5.41) is 1.12. The molecule has 89 valence electrons. The third kappa shape index (κ3) is 2.38. The Morgan fingerprint density at radius 1 is 0.474 bits per heavy atom. The lowest BCUT2D eigenvalue weighted by molar-refractivity contribution is 1.59. The Kier molecular flexibility index (Phi) is 3.30. The van der Waals surface area contributed by atoms with Crippen LogP contribution < -0.4 is 5.19 Å². The van der Waals surface area contributed by atoms with E-state index in [2.05, 4.69) is 77.0 Å². The van der Waals surface area contributed by atoms with Crippen molar-refractivity contribution in [3.05, 3.63) is 78.9 Å². The van der Waals surface area contributed by atoms with Gasteiger partial charge in [0.25, 0.3) is 0 Å². The zero-order valence-corrected chi connectivity index (χ0v) is 11.5. The van der Waals surface area contributed by atoms with E-state index in [0.717, 1.165) is 5.19 Å². The first-order valence-corrected chi connectivity index (χ1v) is 6.82. The van der Waals surface area contributed by atoms with Gasteiger partial charge in [0.2, 0.25) is 0 Å². The van der Waals surface area contributed by atoms with E-state index in [1.54, 1.807) is 0 Å². The summed E-state index contributed by atoms with van der Waals surface area (Å²) in [5.41, 5.74) is 4.97. The molecular weight excluding hydrogens is 244 g/mol. The van der Waals surface area contributed by atoms with Crippen molar-refractivity contribution in [2.24, 2.45) is 0 Å². The topological polar surface area (TPSA) is 0 Å². The average molecular weight is 257 g/mol. The highest BCUT2D eigenvalue weighted by Gasteiger charge is 2.07. The molecule has 0 N–H and O–H groups in total. The summed E-state index contributed by atoms with van der Waals surface area (Å²) in [5.74, 6) is 0. The fraction of sp³-hybridized carbons (Fsp3) is 0. The molecule has 0 atom stereocenters. The van der Waals surface area contributed by atoms with Gasteiger partial charge in [-0.15, -0.1) is 0 Å². The van der Waals surface area contributed by atoms with E-state index in [-0.39, 0.29) is 0 Å². The van der Waals surface area contributed by atoms with Gasteiger partial charge in [0.1, 0.15) is 0 Å². The van der Waals surface area contributed by atoms with Gasteiger partial charge < -0.3 is 0 Å². The van der Waals surface area contributed by atoms with E-state index in [1.165, 1.54) is 22.3 Å². The number of benzene rings is 3. The van der Waals surface area contributed by atoms with Crippen LogP contribution in [0.2, 0.25) is 0 Å². The highest BCUT2D eigenvalue weighted by Crippen LogP contribution is 2.30. The van der Waals surface area contributed by atoms with Crippen molar-refractivity contribution in [3.8, 4) is 22.3 Å². The van der Waals surface area contributed by atoms with E-state index >= 15 is 0 Å². The van der Waals surface area contributed by atoms with Crippen molar-refractivity contribution in [1.82, 2.24) is 0 Å². The summed E-state index contributed by atoms with van der Waals surface area (Å²) in [6.07, 6.45) is 0. The zero-order valence-electron chi connectivity index (χ0n) is 10.5. The second-order valence-electron chi connectivity index (χ2n) is 4.46. The van der Waals surface area contributed by atoms with Crippen LogP contribution in [0.15, 0.2) is 78.9 Å². The van der Waals surface area contributed by atoms with Crippen molar-refractivity contribution in [2.45, 2.75) is 0 Å². The van der Waals surface area contributed by atoms with E-state index in [9.17, 15) is 0 Å². The minimum atomic E-state index is 1.12. The van der Waals surface area contributed by atoms with Gasteiger partial charge in [-0.2, -0.15) is 0 Å². The summed E-state index contributed by atoms with van der Waals surface area (Å²) in [6, 6.07) is 27.3. The molecule has 0 aliphatic carbocycles. The normalized spacial score (nSPS) is 10.4. The molecule has 0 spiro atoms. The molecule has 0 nitrogen and oxygen atoms in total. The van der Waals surface area contributed by atoms with Crippen LogP contribution in [0, 0.1) is 0 Å². The molecule has 0 bridgehead atoms. The van der Waals surface area contributed by atoms with E-state index in [1.807, 2.05) is 12.1 Å². The summed E-state index contributed by atoms with van der Waals surface area (Å²) in [6.45, 7) is 0. The Morgan fingerprint density at radius 2 is 1.00 bits per heavy atom. The van der Waals surface area contributed by atoms with Crippen molar-refractivity contribution in [1.29, 1.82) is 0 Å². The van der Waals surface area contributed by atoms with Crippen LogP contribution in [0.3, 0.4) is 0 Å². The Bertz CT molecular complexity index is 687.